The van der Waals surface area contributed by atoms with Gasteiger partial charge in [-0.3, -0.25) is 10.1 Å². The standard InChI is InChI=1S/C16H16N6O2S.2H2O/c17-9-11-1-3-14(18-10-11)20-16-13(22(23)24)2-4-15(21-16)19-12-5-7-25-8-6-12;;/h1-4,10,12H,5-8H2,(H2,18,19,20,21);2*1H2. The smallest absolute Gasteiger partial charge is 0.311 e. The van der Waals surface area contributed by atoms with Crippen LogP contribution < -0.4 is 10.6 Å². The Hall–Kier alpha value is -2.94. The second kappa shape index (κ2) is 10.3. The van der Waals surface area contributed by atoms with E-state index in [0.717, 1.165) is 24.3 Å². The van der Waals surface area contributed by atoms with Crippen LogP contribution in [0.1, 0.15) is 18.4 Å². The average Bonchev–Trinajstić information content (AvgIpc) is 2.63. The highest BCUT2D eigenvalue weighted by Crippen LogP contribution is 2.28. The summed E-state index contributed by atoms with van der Waals surface area (Å²) in [4.78, 5) is 19.2. The van der Waals surface area contributed by atoms with E-state index in [2.05, 4.69) is 20.6 Å². The summed E-state index contributed by atoms with van der Waals surface area (Å²) in [6.45, 7) is 0. The molecule has 2 aromatic heterocycles. The van der Waals surface area contributed by atoms with E-state index in [4.69, 9.17) is 5.26 Å². The molecule has 144 valence electrons. The van der Waals surface area contributed by atoms with Gasteiger partial charge in [0.1, 0.15) is 17.7 Å². The van der Waals surface area contributed by atoms with Gasteiger partial charge in [0.2, 0.25) is 5.82 Å². The van der Waals surface area contributed by atoms with Gasteiger partial charge in [0, 0.05) is 18.3 Å². The number of hydrogen-bond donors (Lipinski definition) is 2. The summed E-state index contributed by atoms with van der Waals surface area (Å²) in [5, 5.41) is 26.3. The third-order valence-corrected chi connectivity index (χ3v) is 4.83. The summed E-state index contributed by atoms with van der Waals surface area (Å²) in [5.41, 5.74) is 0.287. The highest BCUT2D eigenvalue weighted by atomic mass is 32.2. The van der Waals surface area contributed by atoms with Crippen LogP contribution >= 0.6 is 11.8 Å². The van der Waals surface area contributed by atoms with Gasteiger partial charge in [0.15, 0.2) is 0 Å². The number of pyridine rings is 2. The van der Waals surface area contributed by atoms with Gasteiger partial charge in [-0.1, -0.05) is 0 Å². The number of nitriles is 1. The number of rotatable bonds is 5. The van der Waals surface area contributed by atoms with Crippen LogP contribution in [0.5, 0.6) is 0 Å². The lowest BCUT2D eigenvalue weighted by atomic mass is 10.1. The maximum absolute atomic E-state index is 11.3. The lowest BCUT2D eigenvalue weighted by Crippen LogP contribution is -2.25. The SMILES string of the molecule is N#Cc1ccc(Nc2nc(NC3CCSCC3)ccc2[N+](=O)[O-])nc1.O.O. The second-order valence-corrected chi connectivity index (χ2v) is 6.75. The predicted molar refractivity (Wildman–Crippen MR) is 104 cm³/mol. The molecule has 27 heavy (non-hydrogen) atoms. The molecule has 1 saturated heterocycles. The van der Waals surface area contributed by atoms with E-state index >= 15 is 0 Å². The largest absolute Gasteiger partial charge is 0.412 e. The molecule has 0 unspecified atom stereocenters. The monoisotopic (exact) mass is 392 g/mol. The molecule has 0 aliphatic carbocycles. The zero-order valence-corrected chi connectivity index (χ0v) is 15.1. The third-order valence-electron chi connectivity index (χ3n) is 3.78. The van der Waals surface area contributed by atoms with Gasteiger partial charge in [-0.25, -0.2) is 9.97 Å². The molecule has 0 bridgehead atoms. The minimum Gasteiger partial charge on any atom is -0.412 e. The Labute approximate surface area is 159 Å². The molecule has 1 aliphatic rings. The van der Waals surface area contributed by atoms with Crippen LogP contribution in [0.3, 0.4) is 0 Å². The van der Waals surface area contributed by atoms with E-state index in [9.17, 15) is 10.1 Å². The number of nitrogens with zero attached hydrogens (tertiary/aromatic N) is 4. The van der Waals surface area contributed by atoms with E-state index in [1.807, 2.05) is 17.8 Å². The Balaban J connectivity index is 0.00000182. The zero-order chi connectivity index (χ0) is 17.6. The molecule has 0 aromatic carbocycles. The number of aromatic nitrogens is 2. The van der Waals surface area contributed by atoms with Crippen LogP contribution in [-0.4, -0.2) is 43.4 Å². The predicted octanol–water partition coefficient (Wildman–Crippen LogP) is 1.66. The first kappa shape index (κ1) is 22.1. The molecule has 2 aromatic rings. The van der Waals surface area contributed by atoms with Gasteiger partial charge in [-0.2, -0.15) is 17.0 Å². The number of nitrogens with one attached hydrogen (secondary N) is 2. The van der Waals surface area contributed by atoms with E-state index < -0.39 is 4.92 Å². The summed E-state index contributed by atoms with van der Waals surface area (Å²) in [7, 11) is 0. The number of anilines is 3. The molecule has 0 amide bonds. The lowest BCUT2D eigenvalue weighted by Gasteiger charge is -2.23. The molecule has 0 radical (unpaired) electrons. The Bertz CT molecular complexity index is 806. The van der Waals surface area contributed by atoms with Gasteiger partial charge in [0.25, 0.3) is 0 Å². The summed E-state index contributed by atoms with van der Waals surface area (Å²) < 4.78 is 0. The van der Waals surface area contributed by atoms with Crippen molar-refractivity contribution in [2.24, 2.45) is 0 Å². The Morgan fingerprint density at radius 3 is 2.48 bits per heavy atom. The zero-order valence-electron chi connectivity index (χ0n) is 14.3. The molecule has 10 nitrogen and oxygen atoms in total. The fourth-order valence-corrected chi connectivity index (χ4v) is 3.58. The number of nitro groups is 1. The first-order chi connectivity index (χ1) is 12.2. The molecule has 1 fully saturated rings. The molecule has 0 spiro atoms. The van der Waals surface area contributed by atoms with E-state index in [0.29, 0.717) is 23.2 Å². The molecule has 1 aliphatic heterocycles. The van der Waals surface area contributed by atoms with Gasteiger partial charge >= 0.3 is 5.69 Å². The maximum atomic E-state index is 11.3. The third kappa shape index (κ3) is 5.78. The van der Waals surface area contributed by atoms with Gasteiger partial charge in [-0.15, -0.1) is 0 Å². The molecular weight excluding hydrogens is 372 g/mol. The van der Waals surface area contributed by atoms with Crippen LogP contribution in [0.15, 0.2) is 30.5 Å². The second-order valence-electron chi connectivity index (χ2n) is 5.52. The maximum Gasteiger partial charge on any atom is 0.311 e. The van der Waals surface area contributed by atoms with Crippen molar-refractivity contribution in [3.63, 3.8) is 0 Å². The van der Waals surface area contributed by atoms with Gasteiger partial charge < -0.3 is 21.6 Å². The summed E-state index contributed by atoms with van der Waals surface area (Å²) >= 11 is 1.93. The van der Waals surface area contributed by atoms with Crippen molar-refractivity contribution in [1.82, 2.24) is 9.97 Å². The topological polar surface area (TPSA) is 180 Å². The number of hydrogen-bond acceptors (Lipinski definition) is 8. The van der Waals surface area contributed by atoms with Gasteiger partial charge in [-0.05, 0) is 42.5 Å². The van der Waals surface area contributed by atoms with E-state index in [1.165, 1.54) is 12.3 Å². The van der Waals surface area contributed by atoms with E-state index in [1.54, 1.807) is 18.2 Å². The highest BCUT2D eigenvalue weighted by molar-refractivity contribution is 7.99. The van der Waals surface area contributed by atoms with Crippen molar-refractivity contribution in [3.05, 3.63) is 46.1 Å². The van der Waals surface area contributed by atoms with Crippen molar-refractivity contribution in [2.45, 2.75) is 18.9 Å². The van der Waals surface area contributed by atoms with E-state index in [-0.39, 0.29) is 22.5 Å². The van der Waals surface area contributed by atoms with Crippen molar-refractivity contribution in [3.8, 4) is 6.07 Å². The molecule has 6 N–H and O–H groups in total. The molecule has 0 saturated carbocycles. The van der Waals surface area contributed by atoms with Crippen molar-refractivity contribution < 1.29 is 15.9 Å². The lowest BCUT2D eigenvalue weighted by molar-refractivity contribution is -0.384. The van der Waals surface area contributed by atoms with Crippen LogP contribution in [0.25, 0.3) is 0 Å². The normalized spacial score (nSPS) is 13.4. The first-order valence-corrected chi connectivity index (χ1v) is 8.94. The van der Waals surface area contributed by atoms with Crippen molar-refractivity contribution in [1.29, 1.82) is 5.26 Å². The highest BCUT2D eigenvalue weighted by Gasteiger charge is 2.19. The summed E-state index contributed by atoms with van der Waals surface area (Å²) in [6, 6.07) is 8.53. The fraction of sp³-hybridized carbons (Fsp3) is 0.312. The van der Waals surface area contributed by atoms with Crippen molar-refractivity contribution in [2.75, 3.05) is 22.1 Å². The minimum atomic E-state index is -0.486. The van der Waals surface area contributed by atoms with Crippen molar-refractivity contribution >= 4 is 34.9 Å². The Kier molecular flexibility index (Phi) is 8.40. The Morgan fingerprint density at radius 2 is 1.89 bits per heavy atom. The minimum absolute atomic E-state index is 0. The quantitative estimate of drug-likeness (QED) is 0.569. The van der Waals surface area contributed by atoms with Crippen LogP contribution in [-0.2, 0) is 0 Å². The summed E-state index contributed by atoms with van der Waals surface area (Å²) in [6.07, 6.45) is 3.49. The van der Waals surface area contributed by atoms with Crippen LogP contribution in [0.2, 0.25) is 0 Å². The first-order valence-electron chi connectivity index (χ1n) is 7.78. The molecule has 3 rings (SSSR count). The van der Waals surface area contributed by atoms with Gasteiger partial charge in [0.05, 0.1) is 10.5 Å². The summed E-state index contributed by atoms with van der Waals surface area (Å²) in [5.74, 6) is 3.31. The fourth-order valence-electron chi connectivity index (χ4n) is 2.48. The van der Waals surface area contributed by atoms with Crippen LogP contribution in [0.4, 0.5) is 23.1 Å². The Morgan fingerprint density at radius 1 is 1.19 bits per heavy atom. The number of thioether (sulfide) groups is 1. The molecule has 11 heteroatoms. The molecule has 3 heterocycles. The molecule has 0 atom stereocenters. The van der Waals surface area contributed by atoms with Crippen LogP contribution in [0, 0.1) is 21.4 Å². The molecular formula is C16H20N6O4S. The average molecular weight is 392 g/mol.